The van der Waals surface area contributed by atoms with E-state index in [1.165, 1.54) is 19.2 Å². The van der Waals surface area contributed by atoms with Gasteiger partial charge in [0.1, 0.15) is 0 Å². The Morgan fingerprint density at radius 3 is 2.77 bits per heavy atom. The Morgan fingerprint density at radius 2 is 2.15 bits per heavy atom. The summed E-state index contributed by atoms with van der Waals surface area (Å²) >= 11 is 6.01. The van der Waals surface area contributed by atoms with Crippen LogP contribution in [0.2, 0.25) is 5.02 Å². The normalized spacial score (nSPS) is 12.8. The summed E-state index contributed by atoms with van der Waals surface area (Å²) in [7, 11) is -2.36. The number of rotatable bonds is 8. The van der Waals surface area contributed by atoms with E-state index in [9.17, 15) is 13.2 Å². The fourth-order valence-corrected chi connectivity index (χ4v) is 3.18. The number of carbonyl (C=O) groups is 1. The Bertz CT molecular complexity index is 883. The number of methoxy groups -OCH3 is 1. The predicted octanol–water partition coefficient (Wildman–Crippen LogP) is 1.87. The molecule has 1 aromatic heterocycles. The van der Waals surface area contributed by atoms with E-state index in [0.717, 1.165) is 6.07 Å². The lowest BCUT2D eigenvalue weighted by atomic mass is 10.2. The number of hydrogen-bond acceptors (Lipinski definition) is 8. The van der Waals surface area contributed by atoms with Crippen LogP contribution in [-0.4, -0.2) is 44.8 Å². The number of nitrogens with zero attached hydrogens (tertiary/aromatic N) is 2. The minimum atomic E-state index is -3.82. The van der Waals surface area contributed by atoms with Crippen molar-refractivity contribution in [2.24, 2.45) is 0 Å². The summed E-state index contributed by atoms with van der Waals surface area (Å²) in [5.41, 5.74) is -0.0932. The fraction of sp³-hybridized carbons (Fsp3) is 0.400. The monoisotopic (exact) mass is 403 g/mol. The first-order valence-electron chi connectivity index (χ1n) is 7.54. The van der Waals surface area contributed by atoms with Crippen molar-refractivity contribution in [2.45, 2.75) is 24.8 Å². The largest absolute Gasteiger partial charge is 0.449 e. The standard InChI is InChI=1S/C15H18ClN3O6S/c1-9(14-18-10(2)19-25-14)24-15(20)12-8-11(4-5-13(12)16)26(21,22)17-6-7-23-3/h4-5,8-9,17H,6-7H2,1-3H3/t9-/m0/s1. The molecule has 0 bridgehead atoms. The van der Waals surface area contributed by atoms with Gasteiger partial charge >= 0.3 is 5.97 Å². The average Bonchev–Trinajstić information content (AvgIpc) is 3.01. The third-order valence-electron chi connectivity index (χ3n) is 3.24. The van der Waals surface area contributed by atoms with E-state index in [0.29, 0.717) is 5.82 Å². The number of carbonyl (C=O) groups excluding carboxylic acids is 1. The molecule has 0 aliphatic carbocycles. The Hall–Kier alpha value is -2.01. The van der Waals surface area contributed by atoms with E-state index < -0.39 is 22.1 Å². The van der Waals surface area contributed by atoms with Crippen LogP contribution in [0.4, 0.5) is 0 Å². The van der Waals surface area contributed by atoms with Gasteiger partial charge in [0.25, 0.3) is 5.89 Å². The first-order chi connectivity index (χ1) is 12.2. The van der Waals surface area contributed by atoms with Gasteiger partial charge in [-0.05, 0) is 32.0 Å². The van der Waals surface area contributed by atoms with Gasteiger partial charge in [0.05, 0.1) is 22.1 Å². The summed E-state index contributed by atoms with van der Waals surface area (Å²) in [5.74, 6) is -0.291. The third-order valence-corrected chi connectivity index (χ3v) is 5.03. The van der Waals surface area contributed by atoms with Gasteiger partial charge in [0.15, 0.2) is 11.9 Å². The molecule has 0 radical (unpaired) electrons. The van der Waals surface area contributed by atoms with E-state index in [1.54, 1.807) is 13.8 Å². The maximum atomic E-state index is 12.4. The molecule has 0 aliphatic rings. The van der Waals surface area contributed by atoms with Crippen molar-refractivity contribution in [2.75, 3.05) is 20.3 Å². The highest BCUT2D eigenvalue weighted by molar-refractivity contribution is 7.89. The fourth-order valence-electron chi connectivity index (χ4n) is 1.94. The number of hydrogen-bond donors (Lipinski definition) is 1. The zero-order valence-corrected chi connectivity index (χ0v) is 15.9. The first kappa shape index (κ1) is 20.3. The minimum Gasteiger partial charge on any atom is -0.449 e. The zero-order valence-electron chi connectivity index (χ0n) is 14.4. The van der Waals surface area contributed by atoms with Crippen LogP contribution in [-0.2, 0) is 19.5 Å². The Morgan fingerprint density at radius 1 is 1.42 bits per heavy atom. The Kier molecular flexibility index (Phi) is 6.70. The summed E-state index contributed by atoms with van der Waals surface area (Å²) < 4.78 is 41.8. The molecule has 2 aromatic rings. The van der Waals surface area contributed by atoms with Crippen molar-refractivity contribution in [3.63, 3.8) is 0 Å². The average molecular weight is 404 g/mol. The van der Waals surface area contributed by atoms with Crippen LogP contribution >= 0.6 is 11.6 Å². The van der Waals surface area contributed by atoms with Crippen LogP contribution in [0.25, 0.3) is 0 Å². The highest BCUT2D eigenvalue weighted by Gasteiger charge is 2.23. The summed E-state index contributed by atoms with van der Waals surface area (Å²) in [6.07, 6.45) is -0.820. The highest BCUT2D eigenvalue weighted by atomic mass is 35.5. The lowest BCUT2D eigenvalue weighted by Gasteiger charge is -2.12. The summed E-state index contributed by atoms with van der Waals surface area (Å²) in [6, 6.07) is 3.75. The lowest BCUT2D eigenvalue weighted by Crippen LogP contribution is -2.27. The second-order valence-corrected chi connectivity index (χ2v) is 7.43. The molecule has 142 valence electrons. The number of halogens is 1. The number of ether oxygens (including phenoxy) is 2. The summed E-state index contributed by atoms with van der Waals surface area (Å²) in [6.45, 7) is 3.48. The predicted molar refractivity (Wildman–Crippen MR) is 91.4 cm³/mol. The van der Waals surface area contributed by atoms with Crippen LogP contribution in [0.3, 0.4) is 0 Å². The molecule has 1 heterocycles. The van der Waals surface area contributed by atoms with E-state index >= 15 is 0 Å². The first-order valence-corrected chi connectivity index (χ1v) is 9.40. The van der Waals surface area contributed by atoms with Crippen LogP contribution in [0.1, 0.15) is 35.1 Å². The molecule has 1 N–H and O–H groups in total. The molecule has 0 saturated heterocycles. The molecule has 1 aromatic carbocycles. The SMILES string of the molecule is COCCNS(=O)(=O)c1ccc(Cl)c(C(=O)O[C@@H](C)c2nc(C)no2)c1. The lowest BCUT2D eigenvalue weighted by molar-refractivity contribution is 0.0265. The van der Waals surface area contributed by atoms with Crippen LogP contribution < -0.4 is 4.72 Å². The molecule has 2 rings (SSSR count). The van der Waals surface area contributed by atoms with Crippen LogP contribution in [0.15, 0.2) is 27.6 Å². The molecule has 11 heteroatoms. The maximum Gasteiger partial charge on any atom is 0.340 e. The van der Waals surface area contributed by atoms with Crippen LogP contribution in [0, 0.1) is 6.92 Å². The second kappa shape index (κ2) is 8.58. The summed E-state index contributed by atoms with van der Waals surface area (Å²) in [4.78, 5) is 16.2. The van der Waals surface area contributed by atoms with Crippen molar-refractivity contribution in [3.05, 3.63) is 40.5 Å². The van der Waals surface area contributed by atoms with E-state index in [4.69, 9.17) is 25.6 Å². The zero-order chi connectivity index (χ0) is 19.3. The second-order valence-electron chi connectivity index (χ2n) is 5.26. The van der Waals surface area contributed by atoms with Gasteiger partial charge < -0.3 is 14.0 Å². The highest BCUT2D eigenvalue weighted by Crippen LogP contribution is 2.24. The molecule has 0 spiro atoms. The van der Waals surface area contributed by atoms with Crippen molar-refractivity contribution in [1.29, 1.82) is 0 Å². The number of nitrogens with one attached hydrogen (secondary N) is 1. The van der Waals surface area contributed by atoms with Gasteiger partial charge in [-0.1, -0.05) is 16.8 Å². The summed E-state index contributed by atoms with van der Waals surface area (Å²) in [5, 5.41) is 3.67. The molecule has 26 heavy (non-hydrogen) atoms. The molecule has 9 nitrogen and oxygen atoms in total. The molecule has 0 unspecified atom stereocenters. The van der Waals surface area contributed by atoms with Gasteiger partial charge in [-0.25, -0.2) is 17.9 Å². The van der Waals surface area contributed by atoms with Gasteiger partial charge in [-0.2, -0.15) is 4.98 Å². The molecule has 1 atom stereocenters. The topological polar surface area (TPSA) is 121 Å². The van der Waals surface area contributed by atoms with Gasteiger partial charge in [0.2, 0.25) is 10.0 Å². The number of aryl methyl sites for hydroxylation is 1. The number of benzene rings is 1. The number of sulfonamides is 1. The van der Waals surface area contributed by atoms with Crippen molar-refractivity contribution < 1.29 is 27.2 Å². The van der Waals surface area contributed by atoms with Crippen LogP contribution in [0.5, 0.6) is 0 Å². The van der Waals surface area contributed by atoms with Crippen molar-refractivity contribution in [1.82, 2.24) is 14.9 Å². The number of aromatic nitrogens is 2. The Labute approximate surface area is 155 Å². The van der Waals surface area contributed by atoms with Gasteiger partial charge in [0, 0.05) is 13.7 Å². The van der Waals surface area contributed by atoms with E-state index in [1.807, 2.05) is 0 Å². The van der Waals surface area contributed by atoms with Crippen molar-refractivity contribution in [3.8, 4) is 0 Å². The molecular formula is C15H18ClN3O6S. The van der Waals surface area contributed by atoms with E-state index in [-0.39, 0.29) is 34.5 Å². The van der Waals surface area contributed by atoms with Gasteiger partial charge in [-0.3, -0.25) is 0 Å². The number of esters is 1. The van der Waals surface area contributed by atoms with Crippen molar-refractivity contribution >= 4 is 27.6 Å². The molecule has 0 aliphatic heterocycles. The molecule has 0 fully saturated rings. The maximum absolute atomic E-state index is 12.4. The molecular weight excluding hydrogens is 386 g/mol. The smallest absolute Gasteiger partial charge is 0.340 e. The molecule has 0 saturated carbocycles. The minimum absolute atomic E-state index is 0.0553. The van der Waals surface area contributed by atoms with Gasteiger partial charge in [-0.15, -0.1) is 0 Å². The molecule has 0 amide bonds. The Balaban J connectivity index is 2.19. The van der Waals surface area contributed by atoms with E-state index in [2.05, 4.69) is 14.9 Å². The quantitative estimate of drug-likeness (QED) is 0.523. The third kappa shape index (κ3) is 5.01.